The fourth-order valence-electron chi connectivity index (χ4n) is 1.95. The van der Waals surface area contributed by atoms with Crippen LogP contribution in [0.3, 0.4) is 0 Å². The molecule has 126 valence electrons. The van der Waals surface area contributed by atoms with Crippen molar-refractivity contribution in [3.63, 3.8) is 0 Å². The second kappa shape index (κ2) is 7.94. The summed E-state index contributed by atoms with van der Waals surface area (Å²) in [6.07, 6.45) is 1.65. The molecule has 24 heavy (non-hydrogen) atoms. The molecule has 0 unspecified atom stereocenters. The van der Waals surface area contributed by atoms with Gasteiger partial charge in [0, 0.05) is 24.0 Å². The summed E-state index contributed by atoms with van der Waals surface area (Å²) < 4.78 is 6.55. The number of carbonyl (C=O) groups is 2. The van der Waals surface area contributed by atoms with E-state index < -0.39 is 11.9 Å². The maximum Gasteiger partial charge on any atom is 0.355 e. The average Bonchev–Trinajstić information content (AvgIpc) is 2.90. The molecule has 2 rings (SSSR count). The van der Waals surface area contributed by atoms with E-state index in [4.69, 9.17) is 28.6 Å². The quantitative estimate of drug-likeness (QED) is 0.643. The van der Waals surface area contributed by atoms with Gasteiger partial charge >= 0.3 is 5.97 Å². The number of halogens is 1. The van der Waals surface area contributed by atoms with Crippen LogP contribution >= 0.6 is 23.8 Å². The minimum absolute atomic E-state index is 0.0223. The van der Waals surface area contributed by atoms with Gasteiger partial charge in [-0.15, -0.1) is 0 Å². The zero-order valence-corrected chi connectivity index (χ0v) is 14.7. The molecule has 1 aromatic carbocycles. The average molecular weight is 366 g/mol. The zero-order chi connectivity index (χ0) is 17.7. The van der Waals surface area contributed by atoms with Crippen LogP contribution in [0.25, 0.3) is 0 Å². The standard InChI is InChI=1S/C16H16ClN3O3S/c1-3-23-16(22)13-8-12(9-20(13)2)19-15(24)14(21)18-11-6-4-10(17)5-7-11/h4-9H,3H2,1-2H3,(H,18,21)(H,19,24). The van der Waals surface area contributed by atoms with E-state index in [1.807, 2.05) is 0 Å². The highest BCUT2D eigenvalue weighted by Crippen LogP contribution is 2.16. The van der Waals surface area contributed by atoms with Gasteiger partial charge in [0.05, 0.1) is 12.3 Å². The van der Waals surface area contributed by atoms with Crippen LogP contribution in [0, 0.1) is 0 Å². The van der Waals surface area contributed by atoms with E-state index in [2.05, 4.69) is 10.6 Å². The molecule has 0 aliphatic carbocycles. The Morgan fingerprint density at radius 1 is 1.21 bits per heavy atom. The Kier molecular flexibility index (Phi) is 5.94. The first kappa shape index (κ1) is 18.0. The molecule has 1 aromatic heterocycles. The molecule has 0 aliphatic heterocycles. The van der Waals surface area contributed by atoms with Crippen molar-refractivity contribution in [2.75, 3.05) is 17.2 Å². The first-order valence-corrected chi connectivity index (χ1v) is 7.90. The third kappa shape index (κ3) is 4.56. The van der Waals surface area contributed by atoms with Gasteiger partial charge in [-0.05, 0) is 37.3 Å². The topological polar surface area (TPSA) is 72.4 Å². The van der Waals surface area contributed by atoms with Crippen LogP contribution < -0.4 is 10.6 Å². The molecule has 0 saturated heterocycles. The van der Waals surface area contributed by atoms with E-state index in [0.29, 0.717) is 22.1 Å². The van der Waals surface area contributed by atoms with Crippen molar-refractivity contribution in [2.45, 2.75) is 6.92 Å². The van der Waals surface area contributed by atoms with Crippen molar-refractivity contribution in [3.05, 3.63) is 47.2 Å². The molecule has 6 nitrogen and oxygen atoms in total. The maximum absolute atomic E-state index is 12.1. The minimum atomic E-state index is -0.464. The van der Waals surface area contributed by atoms with Crippen LogP contribution in [0.1, 0.15) is 17.4 Å². The molecule has 2 aromatic rings. The Morgan fingerprint density at radius 3 is 2.50 bits per heavy atom. The van der Waals surface area contributed by atoms with Gasteiger partial charge < -0.3 is 19.9 Å². The van der Waals surface area contributed by atoms with Crippen molar-refractivity contribution in [1.29, 1.82) is 0 Å². The summed E-state index contributed by atoms with van der Waals surface area (Å²) in [5.41, 5.74) is 1.46. The number of hydrogen-bond donors (Lipinski definition) is 2. The van der Waals surface area contributed by atoms with Gasteiger partial charge in [0.2, 0.25) is 0 Å². The molecule has 0 aliphatic rings. The van der Waals surface area contributed by atoms with Crippen LogP contribution in [0.2, 0.25) is 5.02 Å². The Labute approximate surface area is 149 Å². The fraction of sp³-hybridized carbons (Fsp3) is 0.188. The van der Waals surface area contributed by atoms with Crippen LogP contribution in [0.4, 0.5) is 11.4 Å². The number of aryl methyl sites for hydroxylation is 1. The first-order valence-electron chi connectivity index (χ1n) is 7.12. The lowest BCUT2D eigenvalue weighted by Crippen LogP contribution is -2.27. The number of nitrogens with one attached hydrogen (secondary N) is 2. The zero-order valence-electron chi connectivity index (χ0n) is 13.1. The molecule has 0 bridgehead atoms. The second-order valence-electron chi connectivity index (χ2n) is 4.86. The summed E-state index contributed by atoms with van der Waals surface area (Å²) in [6, 6.07) is 8.24. The molecule has 2 N–H and O–H groups in total. The number of rotatable bonds is 4. The molecular weight excluding hydrogens is 350 g/mol. The van der Waals surface area contributed by atoms with E-state index in [1.54, 1.807) is 55.1 Å². The third-order valence-corrected chi connectivity index (χ3v) is 3.60. The molecular formula is C16H16ClN3O3S. The first-order chi connectivity index (χ1) is 11.4. The van der Waals surface area contributed by atoms with E-state index in [0.717, 1.165) is 0 Å². The predicted molar refractivity (Wildman–Crippen MR) is 97.7 cm³/mol. The highest BCUT2D eigenvalue weighted by molar-refractivity contribution is 7.82. The normalized spacial score (nSPS) is 10.1. The highest BCUT2D eigenvalue weighted by atomic mass is 35.5. The number of benzene rings is 1. The van der Waals surface area contributed by atoms with Crippen molar-refractivity contribution in [1.82, 2.24) is 4.57 Å². The predicted octanol–water partition coefficient (Wildman–Crippen LogP) is 3.23. The monoisotopic (exact) mass is 365 g/mol. The van der Waals surface area contributed by atoms with Gasteiger partial charge in [-0.1, -0.05) is 23.8 Å². The second-order valence-corrected chi connectivity index (χ2v) is 5.71. The molecule has 8 heteroatoms. The third-order valence-electron chi connectivity index (χ3n) is 3.06. The molecule has 0 atom stereocenters. The van der Waals surface area contributed by atoms with Crippen LogP contribution in [0.5, 0.6) is 0 Å². The molecule has 0 radical (unpaired) electrons. The summed E-state index contributed by atoms with van der Waals surface area (Å²) >= 11 is 10.9. The minimum Gasteiger partial charge on any atom is -0.461 e. The lowest BCUT2D eigenvalue weighted by Gasteiger charge is -2.07. The summed E-state index contributed by atoms with van der Waals surface area (Å²) in [5.74, 6) is -0.904. The number of esters is 1. The lowest BCUT2D eigenvalue weighted by molar-refractivity contribution is -0.110. The van der Waals surface area contributed by atoms with Gasteiger partial charge in [0.25, 0.3) is 5.91 Å². The maximum atomic E-state index is 12.1. The number of hydrogen-bond acceptors (Lipinski definition) is 4. The van der Waals surface area contributed by atoms with Crippen molar-refractivity contribution < 1.29 is 14.3 Å². The van der Waals surface area contributed by atoms with Crippen molar-refractivity contribution >= 4 is 52.1 Å². The summed E-state index contributed by atoms with van der Waals surface area (Å²) in [5, 5.41) is 6.02. The van der Waals surface area contributed by atoms with Crippen molar-refractivity contribution in [3.8, 4) is 0 Å². The number of nitrogens with zero attached hydrogens (tertiary/aromatic N) is 1. The molecule has 0 spiro atoms. The number of ether oxygens (including phenoxy) is 1. The molecule has 0 saturated carbocycles. The van der Waals surface area contributed by atoms with Gasteiger partial charge in [-0.25, -0.2) is 4.79 Å². The Bertz CT molecular complexity index is 771. The van der Waals surface area contributed by atoms with E-state index >= 15 is 0 Å². The molecule has 1 amide bonds. The molecule has 1 heterocycles. The highest BCUT2D eigenvalue weighted by Gasteiger charge is 2.15. The van der Waals surface area contributed by atoms with Gasteiger partial charge in [0.1, 0.15) is 5.69 Å². The summed E-state index contributed by atoms with van der Waals surface area (Å²) in [6.45, 7) is 2.02. The number of aromatic nitrogens is 1. The van der Waals surface area contributed by atoms with Gasteiger partial charge in [-0.2, -0.15) is 0 Å². The van der Waals surface area contributed by atoms with Gasteiger partial charge in [0.15, 0.2) is 4.99 Å². The number of thiocarbonyl (C=S) groups is 1. The van der Waals surface area contributed by atoms with E-state index in [9.17, 15) is 9.59 Å². The largest absolute Gasteiger partial charge is 0.461 e. The fourth-order valence-corrected chi connectivity index (χ4v) is 2.24. The van der Waals surface area contributed by atoms with Crippen LogP contribution in [-0.4, -0.2) is 28.0 Å². The number of anilines is 2. The Morgan fingerprint density at radius 2 is 1.88 bits per heavy atom. The van der Waals surface area contributed by atoms with Gasteiger partial charge in [-0.3, -0.25) is 4.79 Å². The number of carbonyl (C=O) groups excluding carboxylic acids is 2. The SMILES string of the molecule is CCOC(=O)c1cc(NC(=S)C(=O)Nc2ccc(Cl)cc2)cn1C. The molecule has 0 fully saturated rings. The number of amides is 1. The summed E-state index contributed by atoms with van der Waals surface area (Å²) in [4.78, 5) is 23.8. The lowest BCUT2D eigenvalue weighted by atomic mass is 10.3. The summed E-state index contributed by atoms with van der Waals surface area (Å²) in [7, 11) is 1.70. The Hall–Kier alpha value is -2.38. The van der Waals surface area contributed by atoms with E-state index in [-0.39, 0.29) is 11.6 Å². The van der Waals surface area contributed by atoms with E-state index in [1.165, 1.54) is 0 Å². The van der Waals surface area contributed by atoms with Crippen LogP contribution in [-0.2, 0) is 16.6 Å². The smallest absolute Gasteiger partial charge is 0.355 e. The Balaban J connectivity index is 2.01. The van der Waals surface area contributed by atoms with Crippen LogP contribution in [0.15, 0.2) is 36.5 Å². The van der Waals surface area contributed by atoms with Crippen molar-refractivity contribution in [2.24, 2.45) is 7.05 Å².